The van der Waals surface area contributed by atoms with Gasteiger partial charge in [0, 0.05) is 12.0 Å². The molecular formula is C11H18N2O2. The van der Waals surface area contributed by atoms with Crippen LogP contribution in [0, 0.1) is 0 Å². The standard InChI is InChI=1S/C11H18N2O2/c1-5-6-13-8(10(14)15)7-9(12-13)11(2,3)4/h7H,5-6H2,1-4H3,(H,14,15). The fourth-order valence-electron chi connectivity index (χ4n) is 1.34. The smallest absolute Gasteiger partial charge is 0.354 e. The van der Waals surface area contributed by atoms with Crippen molar-refractivity contribution >= 4 is 5.97 Å². The zero-order valence-corrected chi connectivity index (χ0v) is 9.74. The molecule has 0 amide bonds. The Morgan fingerprint density at radius 2 is 2.13 bits per heavy atom. The Balaban J connectivity index is 3.15. The van der Waals surface area contributed by atoms with Gasteiger partial charge in [-0.2, -0.15) is 5.10 Å². The first kappa shape index (κ1) is 11.8. The van der Waals surface area contributed by atoms with Crippen molar-refractivity contribution in [3.63, 3.8) is 0 Å². The number of aromatic carboxylic acids is 1. The van der Waals surface area contributed by atoms with Gasteiger partial charge in [-0.05, 0) is 12.5 Å². The van der Waals surface area contributed by atoms with E-state index in [1.165, 1.54) is 0 Å². The lowest BCUT2D eigenvalue weighted by Crippen LogP contribution is -2.13. The van der Waals surface area contributed by atoms with E-state index in [-0.39, 0.29) is 11.1 Å². The summed E-state index contributed by atoms with van der Waals surface area (Å²) >= 11 is 0. The van der Waals surface area contributed by atoms with Crippen LogP contribution in [-0.2, 0) is 12.0 Å². The topological polar surface area (TPSA) is 55.1 Å². The van der Waals surface area contributed by atoms with E-state index in [2.05, 4.69) is 5.10 Å². The molecule has 0 radical (unpaired) electrons. The predicted molar refractivity (Wildman–Crippen MR) is 58.2 cm³/mol. The number of rotatable bonds is 3. The maximum atomic E-state index is 11.0. The van der Waals surface area contributed by atoms with Crippen LogP contribution in [0.2, 0.25) is 0 Å². The first-order valence-corrected chi connectivity index (χ1v) is 5.18. The fourth-order valence-corrected chi connectivity index (χ4v) is 1.34. The number of carboxylic acid groups (broad SMARTS) is 1. The van der Waals surface area contributed by atoms with Crippen molar-refractivity contribution in [2.45, 2.75) is 46.1 Å². The summed E-state index contributed by atoms with van der Waals surface area (Å²) in [5.74, 6) is -0.911. The number of carboxylic acids is 1. The first-order chi connectivity index (χ1) is 6.86. The van der Waals surface area contributed by atoms with Crippen molar-refractivity contribution in [2.24, 2.45) is 0 Å². The zero-order valence-electron chi connectivity index (χ0n) is 9.74. The molecular weight excluding hydrogens is 192 g/mol. The molecule has 1 aromatic heterocycles. The average molecular weight is 210 g/mol. The molecule has 4 heteroatoms. The Labute approximate surface area is 89.9 Å². The molecule has 0 spiro atoms. The first-order valence-electron chi connectivity index (χ1n) is 5.18. The summed E-state index contributed by atoms with van der Waals surface area (Å²) in [4.78, 5) is 11.0. The fraction of sp³-hybridized carbons (Fsp3) is 0.636. The normalized spacial score (nSPS) is 11.7. The van der Waals surface area contributed by atoms with Gasteiger partial charge in [0.25, 0.3) is 0 Å². The SMILES string of the molecule is CCCn1nc(C(C)(C)C)cc1C(=O)O. The predicted octanol–water partition coefficient (Wildman–Crippen LogP) is 2.29. The van der Waals surface area contributed by atoms with Gasteiger partial charge in [0.15, 0.2) is 0 Å². The van der Waals surface area contributed by atoms with E-state index in [1.54, 1.807) is 10.7 Å². The molecule has 0 fully saturated rings. The van der Waals surface area contributed by atoms with E-state index in [1.807, 2.05) is 27.7 Å². The molecule has 0 bridgehead atoms. The minimum absolute atomic E-state index is 0.108. The molecule has 0 aliphatic heterocycles. The average Bonchev–Trinajstić information content (AvgIpc) is 2.48. The van der Waals surface area contributed by atoms with E-state index in [9.17, 15) is 4.79 Å². The lowest BCUT2D eigenvalue weighted by atomic mass is 9.92. The third kappa shape index (κ3) is 2.58. The molecule has 0 aromatic carbocycles. The molecule has 0 saturated heterocycles. The van der Waals surface area contributed by atoms with Gasteiger partial charge in [-0.1, -0.05) is 27.7 Å². The van der Waals surface area contributed by atoms with Crippen LogP contribution < -0.4 is 0 Å². The summed E-state index contributed by atoms with van der Waals surface area (Å²) in [5.41, 5.74) is 0.999. The van der Waals surface area contributed by atoms with E-state index < -0.39 is 5.97 Å². The zero-order chi connectivity index (χ0) is 11.6. The van der Waals surface area contributed by atoms with E-state index in [0.29, 0.717) is 6.54 Å². The van der Waals surface area contributed by atoms with E-state index in [4.69, 9.17) is 5.11 Å². The maximum Gasteiger partial charge on any atom is 0.354 e. The summed E-state index contributed by atoms with van der Waals surface area (Å²) in [6, 6.07) is 1.66. The molecule has 1 N–H and O–H groups in total. The molecule has 4 nitrogen and oxygen atoms in total. The Kier molecular flexibility index (Phi) is 3.17. The molecule has 84 valence electrons. The number of hydrogen-bond donors (Lipinski definition) is 1. The lowest BCUT2D eigenvalue weighted by molar-refractivity contribution is 0.0683. The van der Waals surface area contributed by atoms with Crippen LogP contribution in [0.25, 0.3) is 0 Å². The molecule has 1 rings (SSSR count). The Bertz CT molecular complexity index is 361. The maximum absolute atomic E-state index is 11.0. The van der Waals surface area contributed by atoms with Crippen LogP contribution in [0.4, 0.5) is 0 Å². The monoisotopic (exact) mass is 210 g/mol. The lowest BCUT2D eigenvalue weighted by Gasteiger charge is -2.14. The second kappa shape index (κ2) is 4.04. The van der Waals surface area contributed by atoms with Crippen molar-refractivity contribution in [3.8, 4) is 0 Å². The van der Waals surface area contributed by atoms with Crippen molar-refractivity contribution in [3.05, 3.63) is 17.5 Å². The van der Waals surface area contributed by atoms with Crippen molar-refractivity contribution in [2.75, 3.05) is 0 Å². The van der Waals surface area contributed by atoms with Gasteiger partial charge in [-0.15, -0.1) is 0 Å². The van der Waals surface area contributed by atoms with Crippen LogP contribution in [0.15, 0.2) is 6.07 Å². The largest absolute Gasteiger partial charge is 0.477 e. The van der Waals surface area contributed by atoms with Crippen molar-refractivity contribution < 1.29 is 9.90 Å². The van der Waals surface area contributed by atoms with Crippen molar-refractivity contribution in [1.29, 1.82) is 0 Å². The van der Waals surface area contributed by atoms with Crippen LogP contribution in [-0.4, -0.2) is 20.9 Å². The van der Waals surface area contributed by atoms with Crippen LogP contribution in [0.5, 0.6) is 0 Å². The van der Waals surface area contributed by atoms with Gasteiger partial charge >= 0.3 is 5.97 Å². The quantitative estimate of drug-likeness (QED) is 0.832. The van der Waals surface area contributed by atoms with Crippen LogP contribution in [0.1, 0.15) is 50.3 Å². The number of hydrogen-bond acceptors (Lipinski definition) is 2. The summed E-state index contributed by atoms with van der Waals surface area (Å²) in [5, 5.41) is 13.3. The summed E-state index contributed by atoms with van der Waals surface area (Å²) in [6.45, 7) is 8.73. The molecule has 0 saturated carbocycles. The van der Waals surface area contributed by atoms with Crippen molar-refractivity contribution in [1.82, 2.24) is 9.78 Å². The summed E-state index contributed by atoms with van der Waals surface area (Å²) in [7, 11) is 0. The molecule has 0 aliphatic carbocycles. The molecule has 15 heavy (non-hydrogen) atoms. The van der Waals surface area contributed by atoms with Gasteiger partial charge in [0.1, 0.15) is 5.69 Å². The third-order valence-electron chi connectivity index (χ3n) is 2.20. The summed E-state index contributed by atoms with van der Waals surface area (Å²) < 4.78 is 1.57. The van der Waals surface area contributed by atoms with Crippen LogP contribution in [0.3, 0.4) is 0 Å². The Morgan fingerprint density at radius 1 is 1.53 bits per heavy atom. The van der Waals surface area contributed by atoms with Gasteiger partial charge in [-0.25, -0.2) is 4.79 Å². The minimum Gasteiger partial charge on any atom is -0.477 e. The van der Waals surface area contributed by atoms with Gasteiger partial charge in [-0.3, -0.25) is 4.68 Å². The number of aryl methyl sites for hydroxylation is 1. The molecule has 0 unspecified atom stereocenters. The van der Waals surface area contributed by atoms with Gasteiger partial charge in [0.2, 0.25) is 0 Å². The second-order valence-corrected chi connectivity index (χ2v) is 4.69. The highest BCUT2D eigenvalue weighted by atomic mass is 16.4. The van der Waals surface area contributed by atoms with Gasteiger partial charge in [0.05, 0.1) is 5.69 Å². The molecule has 0 aliphatic rings. The highest BCUT2D eigenvalue weighted by Gasteiger charge is 2.22. The number of carbonyl (C=O) groups is 1. The highest BCUT2D eigenvalue weighted by Crippen LogP contribution is 2.21. The number of nitrogens with zero attached hydrogens (tertiary/aromatic N) is 2. The molecule has 1 aromatic rings. The third-order valence-corrected chi connectivity index (χ3v) is 2.20. The minimum atomic E-state index is -0.911. The Morgan fingerprint density at radius 3 is 2.53 bits per heavy atom. The Hall–Kier alpha value is -1.32. The molecule has 0 atom stereocenters. The van der Waals surface area contributed by atoms with Gasteiger partial charge < -0.3 is 5.11 Å². The summed E-state index contributed by atoms with van der Waals surface area (Å²) in [6.07, 6.45) is 0.880. The second-order valence-electron chi connectivity index (χ2n) is 4.69. The number of aromatic nitrogens is 2. The van der Waals surface area contributed by atoms with Crippen LogP contribution >= 0.6 is 0 Å². The van der Waals surface area contributed by atoms with E-state index in [0.717, 1.165) is 12.1 Å². The van der Waals surface area contributed by atoms with E-state index >= 15 is 0 Å². The molecule has 1 heterocycles. The highest BCUT2D eigenvalue weighted by molar-refractivity contribution is 5.85.